The summed E-state index contributed by atoms with van der Waals surface area (Å²) in [5.74, 6) is 0. The van der Waals surface area contributed by atoms with E-state index in [0.29, 0.717) is 0 Å². The van der Waals surface area contributed by atoms with Crippen molar-refractivity contribution >= 4 is 37.5 Å². The van der Waals surface area contributed by atoms with E-state index in [1.54, 1.807) is 11.3 Å². The van der Waals surface area contributed by atoms with Crippen molar-refractivity contribution < 1.29 is 0 Å². The Balaban J connectivity index is 2.24. The van der Waals surface area contributed by atoms with Gasteiger partial charge < -0.3 is 5.32 Å². The van der Waals surface area contributed by atoms with Gasteiger partial charge in [-0.3, -0.25) is 0 Å². The number of benzene rings is 2. The maximum atomic E-state index is 4.68. The van der Waals surface area contributed by atoms with E-state index in [9.17, 15) is 0 Å². The molecular formula is C14H12N2S. The molecule has 0 radical (unpaired) electrons. The first-order chi connectivity index (χ1) is 8.36. The molecule has 0 saturated carbocycles. The van der Waals surface area contributed by atoms with E-state index in [2.05, 4.69) is 34.6 Å². The van der Waals surface area contributed by atoms with Gasteiger partial charge in [-0.1, -0.05) is 29.5 Å². The second kappa shape index (κ2) is 3.20. The molecule has 0 amide bonds. The van der Waals surface area contributed by atoms with Crippen molar-refractivity contribution in [2.75, 3.05) is 12.4 Å². The number of fused-ring (bicyclic) bond motifs is 2. The van der Waals surface area contributed by atoms with Crippen molar-refractivity contribution in [2.45, 2.75) is 12.8 Å². The first-order valence-electron chi connectivity index (χ1n) is 5.88. The molecule has 1 aliphatic carbocycles. The van der Waals surface area contributed by atoms with Gasteiger partial charge >= 0.3 is 0 Å². The highest BCUT2D eigenvalue weighted by Crippen LogP contribution is 2.38. The smallest absolute Gasteiger partial charge is 0.183 e. The Labute approximate surface area is 103 Å². The van der Waals surface area contributed by atoms with Gasteiger partial charge in [0.1, 0.15) is 0 Å². The van der Waals surface area contributed by atoms with Crippen LogP contribution < -0.4 is 5.32 Å². The van der Waals surface area contributed by atoms with E-state index in [0.717, 1.165) is 10.6 Å². The predicted octanol–water partition coefficient (Wildman–Crippen LogP) is 3.59. The maximum Gasteiger partial charge on any atom is 0.183 e. The Kier molecular flexibility index (Phi) is 1.77. The third-order valence-corrected chi connectivity index (χ3v) is 4.58. The number of nitrogens with zero attached hydrogens (tertiary/aromatic N) is 1. The Bertz CT molecular complexity index is 743. The summed E-state index contributed by atoms with van der Waals surface area (Å²) in [6, 6.07) is 8.93. The molecule has 17 heavy (non-hydrogen) atoms. The van der Waals surface area contributed by atoms with Gasteiger partial charge in [-0.25, -0.2) is 4.98 Å². The molecule has 0 bridgehead atoms. The summed E-state index contributed by atoms with van der Waals surface area (Å²) >= 11 is 1.74. The van der Waals surface area contributed by atoms with Gasteiger partial charge in [0.25, 0.3) is 0 Å². The van der Waals surface area contributed by atoms with E-state index in [1.807, 2.05) is 7.05 Å². The number of aromatic nitrogens is 1. The van der Waals surface area contributed by atoms with Crippen LogP contribution in [0.2, 0.25) is 0 Å². The number of thiazole rings is 1. The molecule has 0 saturated heterocycles. The fourth-order valence-corrected chi connectivity index (χ4v) is 3.71. The van der Waals surface area contributed by atoms with Crippen molar-refractivity contribution in [3.05, 3.63) is 35.4 Å². The minimum Gasteiger partial charge on any atom is -0.365 e. The molecule has 1 N–H and O–H groups in total. The van der Waals surface area contributed by atoms with Crippen LogP contribution in [0.5, 0.6) is 0 Å². The van der Waals surface area contributed by atoms with Crippen LogP contribution in [0.25, 0.3) is 21.0 Å². The van der Waals surface area contributed by atoms with E-state index >= 15 is 0 Å². The molecule has 0 spiro atoms. The molecule has 0 unspecified atom stereocenters. The fraction of sp³-hybridized carbons (Fsp3) is 0.214. The monoisotopic (exact) mass is 240 g/mol. The normalized spacial score (nSPS) is 13.7. The first-order valence-corrected chi connectivity index (χ1v) is 6.70. The molecule has 0 fully saturated rings. The van der Waals surface area contributed by atoms with Crippen LogP contribution in [-0.2, 0) is 12.8 Å². The quantitative estimate of drug-likeness (QED) is 0.703. The minimum absolute atomic E-state index is 1.00. The Morgan fingerprint density at radius 3 is 3.00 bits per heavy atom. The van der Waals surface area contributed by atoms with Crippen molar-refractivity contribution in [3.63, 3.8) is 0 Å². The topological polar surface area (TPSA) is 24.9 Å². The number of hydrogen-bond acceptors (Lipinski definition) is 3. The van der Waals surface area contributed by atoms with Crippen LogP contribution in [-0.4, -0.2) is 12.0 Å². The van der Waals surface area contributed by atoms with Crippen LogP contribution in [0, 0.1) is 0 Å². The lowest BCUT2D eigenvalue weighted by Crippen LogP contribution is -1.85. The van der Waals surface area contributed by atoms with Gasteiger partial charge in [-0.05, 0) is 35.4 Å². The van der Waals surface area contributed by atoms with Gasteiger partial charge in [0, 0.05) is 12.4 Å². The van der Waals surface area contributed by atoms with Crippen LogP contribution in [0.15, 0.2) is 24.3 Å². The average molecular weight is 240 g/mol. The number of nitrogens with one attached hydrogen (secondary N) is 1. The Morgan fingerprint density at radius 2 is 2.12 bits per heavy atom. The number of rotatable bonds is 1. The van der Waals surface area contributed by atoms with Gasteiger partial charge in [0.05, 0.1) is 10.2 Å². The summed E-state index contributed by atoms with van der Waals surface area (Å²) in [5, 5.41) is 6.92. The van der Waals surface area contributed by atoms with E-state index in [4.69, 9.17) is 0 Å². The highest BCUT2D eigenvalue weighted by Gasteiger charge is 2.17. The standard InChI is InChI=1S/C14H12N2S/c1-15-14-16-13-10-4-2-3-8-5-6-9(12(8)10)7-11(13)17-14/h2-4,7H,5-6H2,1H3,(H,15,16). The summed E-state index contributed by atoms with van der Waals surface area (Å²) in [4.78, 5) is 4.68. The zero-order chi connectivity index (χ0) is 11.4. The summed E-state index contributed by atoms with van der Waals surface area (Å²) in [7, 11) is 1.93. The van der Waals surface area contributed by atoms with Gasteiger partial charge in [0.2, 0.25) is 0 Å². The molecule has 3 heteroatoms. The SMILES string of the molecule is CNc1nc2c(cc3c4c(cccc42)CC3)s1. The molecule has 1 heterocycles. The summed E-state index contributed by atoms with van der Waals surface area (Å²) in [6.07, 6.45) is 2.36. The molecule has 0 aliphatic heterocycles. The van der Waals surface area contributed by atoms with E-state index < -0.39 is 0 Å². The lowest BCUT2D eigenvalue weighted by atomic mass is 10.0. The third kappa shape index (κ3) is 1.17. The van der Waals surface area contributed by atoms with Crippen molar-refractivity contribution in [1.29, 1.82) is 0 Å². The maximum absolute atomic E-state index is 4.68. The van der Waals surface area contributed by atoms with Crippen LogP contribution >= 0.6 is 11.3 Å². The zero-order valence-corrected chi connectivity index (χ0v) is 10.4. The Hall–Kier alpha value is -1.61. The first kappa shape index (κ1) is 9.42. The van der Waals surface area contributed by atoms with Crippen LogP contribution in [0.3, 0.4) is 0 Å². The molecule has 1 aromatic heterocycles. The lowest BCUT2D eigenvalue weighted by Gasteiger charge is -2.02. The highest BCUT2D eigenvalue weighted by molar-refractivity contribution is 7.22. The second-order valence-corrected chi connectivity index (χ2v) is 5.52. The molecule has 2 nitrogen and oxygen atoms in total. The molecule has 0 atom stereocenters. The number of aryl methyl sites for hydroxylation is 2. The fourth-order valence-electron chi connectivity index (χ4n) is 2.81. The van der Waals surface area contributed by atoms with Crippen molar-refractivity contribution in [3.8, 4) is 0 Å². The summed E-state index contributed by atoms with van der Waals surface area (Å²) < 4.78 is 1.30. The van der Waals surface area contributed by atoms with E-state index in [1.165, 1.54) is 39.4 Å². The Morgan fingerprint density at radius 1 is 1.24 bits per heavy atom. The molecule has 4 rings (SSSR count). The molecule has 1 aliphatic rings. The molecule has 84 valence electrons. The van der Waals surface area contributed by atoms with Crippen molar-refractivity contribution in [2.24, 2.45) is 0 Å². The van der Waals surface area contributed by atoms with E-state index in [-0.39, 0.29) is 0 Å². The highest BCUT2D eigenvalue weighted by atomic mass is 32.1. The van der Waals surface area contributed by atoms with Gasteiger partial charge in [-0.15, -0.1) is 0 Å². The van der Waals surface area contributed by atoms with Gasteiger partial charge in [-0.2, -0.15) is 0 Å². The number of anilines is 1. The summed E-state index contributed by atoms with van der Waals surface area (Å²) in [5.41, 5.74) is 4.13. The number of hydrogen-bond donors (Lipinski definition) is 1. The largest absolute Gasteiger partial charge is 0.365 e. The zero-order valence-electron chi connectivity index (χ0n) is 9.58. The lowest BCUT2D eigenvalue weighted by molar-refractivity contribution is 1.03. The minimum atomic E-state index is 1.00. The molecule has 2 aromatic carbocycles. The second-order valence-electron chi connectivity index (χ2n) is 4.49. The average Bonchev–Trinajstić information content (AvgIpc) is 2.95. The van der Waals surface area contributed by atoms with Crippen molar-refractivity contribution in [1.82, 2.24) is 4.98 Å². The van der Waals surface area contributed by atoms with Crippen LogP contribution in [0.4, 0.5) is 5.13 Å². The molecular weight excluding hydrogens is 228 g/mol. The van der Waals surface area contributed by atoms with Gasteiger partial charge in [0.15, 0.2) is 5.13 Å². The third-order valence-electron chi connectivity index (χ3n) is 3.56. The predicted molar refractivity (Wildman–Crippen MR) is 74.1 cm³/mol. The van der Waals surface area contributed by atoms with Crippen LogP contribution in [0.1, 0.15) is 11.1 Å². The summed E-state index contributed by atoms with van der Waals surface area (Å²) in [6.45, 7) is 0. The molecule has 3 aromatic rings.